The van der Waals surface area contributed by atoms with Crippen LogP contribution in [0, 0.1) is 11.8 Å². The molecule has 0 bridgehead atoms. The molecular weight excluding hydrogens is 762 g/mol. The van der Waals surface area contributed by atoms with Gasteiger partial charge in [-0.05, 0) is 117 Å². The molecule has 7 heterocycles. The van der Waals surface area contributed by atoms with Crippen molar-refractivity contribution in [3.8, 4) is 22.3 Å². The molecule has 0 saturated heterocycles. The van der Waals surface area contributed by atoms with Crippen LogP contribution in [0.25, 0.3) is 44.3 Å². The molecule has 7 aromatic rings. The Morgan fingerprint density at radius 3 is 1.71 bits per heavy atom. The Bertz CT molecular complexity index is 2470. The summed E-state index contributed by atoms with van der Waals surface area (Å²) in [5, 5.41) is 21.2. The van der Waals surface area contributed by atoms with Gasteiger partial charge in [-0.3, -0.25) is 19.3 Å². The summed E-state index contributed by atoms with van der Waals surface area (Å²) in [6.45, 7) is 6.17. The van der Waals surface area contributed by atoms with Crippen molar-refractivity contribution in [1.29, 1.82) is 0 Å². The van der Waals surface area contributed by atoms with Gasteiger partial charge in [0, 0.05) is 74.4 Å². The van der Waals surface area contributed by atoms with E-state index < -0.39 is 0 Å². The van der Waals surface area contributed by atoms with Crippen LogP contribution in [0.5, 0.6) is 0 Å². The lowest BCUT2D eigenvalue weighted by Gasteiger charge is -2.27. The zero-order valence-electron chi connectivity index (χ0n) is 34.2. The van der Waals surface area contributed by atoms with Crippen LogP contribution >= 0.6 is 11.6 Å². The predicted octanol–water partition coefficient (Wildman–Crippen LogP) is 9.71. The van der Waals surface area contributed by atoms with Gasteiger partial charge in [0.1, 0.15) is 11.0 Å². The molecule has 0 atom stereocenters. The summed E-state index contributed by atoms with van der Waals surface area (Å²) in [6.07, 6.45) is 23.8. The van der Waals surface area contributed by atoms with Crippen LogP contribution in [-0.2, 0) is 22.6 Å². The Kier molecular flexibility index (Phi) is 12.8. The third-order valence-corrected chi connectivity index (χ3v) is 11.9. The summed E-state index contributed by atoms with van der Waals surface area (Å²) in [5.74, 6) is 3.11. The third-order valence-electron chi connectivity index (χ3n) is 11.7. The van der Waals surface area contributed by atoms with Gasteiger partial charge in [0.15, 0.2) is 5.82 Å². The van der Waals surface area contributed by atoms with Gasteiger partial charge in [0.25, 0.3) is 0 Å². The van der Waals surface area contributed by atoms with Crippen LogP contribution in [0.3, 0.4) is 0 Å². The highest BCUT2D eigenvalue weighted by Crippen LogP contribution is 2.30. The minimum atomic E-state index is 0.383. The van der Waals surface area contributed by atoms with Crippen molar-refractivity contribution < 1.29 is 9.47 Å². The Morgan fingerprint density at radius 1 is 0.627 bits per heavy atom. The van der Waals surface area contributed by atoms with E-state index in [2.05, 4.69) is 77.7 Å². The van der Waals surface area contributed by atoms with Crippen LogP contribution in [0.4, 0.5) is 11.6 Å². The Labute approximate surface area is 350 Å². The molecule has 0 aromatic carbocycles. The summed E-state index contributed by atoms with van der Waals surface area (Å²) in [6, 6.07) is 13.6. The van der Waals surface area contributed by atoms with E-state index in [1.165, 1.54) is 25.7 Å². The van der Waals surface area contributed by atoms with Gasteiger partial charge in [-0.1, -0.05) is 25.4 Å². The number of pyridine rings is 4. The smallest absolute Gasteiger partial charge is 0.154 e. The summed E-state index contributed by atoms with van der Waals surface area (Å²) in [4.78, 5) is 18.2. The summed E-state index contributed by atoms with van der Waals surface area (Å²) in [5.41, 5.74) is 8.57. The van der Waals surface area contributed by atoms with E-state index in [0.717, 1.165) is 88.7 Å². The summed E-state index contributed by atoms with van der Waals surface area (Å²) < 4.78 is 15.1. The number of aromatic nitrogens is 10. The number of halogens is 1. The normalized spacial score (nSPS) is 19.5. The van der Waals surface area contributed by atoms with E-state index in [1.54, 1.807) is 12.3 Å². The molecule has 14 heteroatoms. The summed E-state index contributed by atoms with van der Waals surface area (Å²) in [7, 11) is 3.62. The Hall–Kier alpha value is -5.37. The van der Waals surface area contributed by atoms with Gasteiger partial charge in [0.05, 0.1) is 52.9 Å². The average Bonchev–Trinajstić information content (AvgIpc) is 3.94. The maximum atomic E-state index is 5.99. The highest BCUT2D eigenvalue weighted by molar-refractivity contribution is 6.29. The minimum Gasteiger partial charge on any atom is -0.381 e. The average molecular weight is 814 g/mol. The molecule has 1 N–H and O–H groups in total. The lowest BCUT2D eigenvalue weighted by molar-refractivity contribution is 0.0536. The zero-order valence-corrected chi connectivity index (χ0v) is 35.0. The van der Waals surface area contributed by atoms with Gasteiger partial charge in [-0.25, -0.2) is 9.97 Å². The topological polar surface area (TPSA) is 143 Å². The van der Waals surface area contributed by atoms with Gasteiger partial charge < -0.3 is 14.8 Å². The number of rotatable bonds is 11. The number of nitrogens with zero attached hydrogens (tertiary/aromatic N) is 10. The van der Waals surface area contributed by atoms with Crippen molar-refractivity contribution in [2.45, 2.75) is 96.4 Å². The van der Waals surface area contributed by atoms with Crippen molar-refractivity contribution in [2.24, 2.45) is 11.8 Å². The fourth-order valence-electron chi connectivity index (χ4n) is 8.12. The van der Waals surface area contributed by atoms with Crippen molar-refractivity contribution in [1.82, 2.24) is 49.7 Å². The van der Waals surface area contributed by atoms with E-state index in [0.29, 0.717) is 46.8 Å². The molecule has 0 unspecified atom stereocenters. The number of fused-ring (bicyclic) bond motifs is 2. The van der Waals surface area contributed by atoms with Crippen molar-refractivity contribution in [2.75, 3.05) is 19.5 Å². The van der Waals surface area contributed by atoms with Crippen molar-refractivity contribution in [3.05, 3.63) is 96.6 Å². The second-order valence-electron chi connectivity index (χ2n) is 16.2. The zero-order chi connectivity index (χ0) is 40.7. The molecule has 0 radical (unpaired) electrons. The van der Waals surface area contributed by atoms with Gasteiger partial charge in [-0.2, -0.15) is 15.3 Å². The highest BCUT2D eigenvalue weighted by Gasteiger charge is 2.23. The molecule has 0 aliphatic heterocycles. The Balaban J connectivity index is 0.000000172. The third kappa shape index (κ3) is 10.3. The number of hydrogen-bond acceptors (Lipinski definition) is 11. The van der Waals surface area contributed by atoms with Gasteiger partial charge in [0.2, 0.25) is 0 Å². The monoisotopic (exact) mass is 813 g/mol. The van der Waals surface area contributed by atoms with Crippen LogP contribution in [0.15, 0.2) is 85.8 Å². The molecule has 0 spiro atoms. The van der Waals surface area contributed by atoms with Crippen LogP contribution in [-0.4, -0.2) is 76.1 Å². The first-order valence-corrected chi connectivity index (χ1v) is 21.1. The molecule has 13 nitrogen and oxygen atoms in total. The van der Waals surface area contributed by atoms with E-state index in [-0.39, 0.29) is 0 Å². The lowest BCUT2D eigenvalue weighted by Crippen LogP contribution is -2.23. The van der Waals surface area contributed by atoms with Crippen molar-refractivity contribution in [3.63, 3.8) is 0 Å². The number of ether oxygens (including phenoxy) is 2. The molecule has 2 aliphatic rings. The predicted molar refractivity (Wildman–Crippen MR) is 231 cm³/mol. The van der Waals surface area contributed by atoms with Gasteiger partial charge in [-0.15, -0.1) is 5.10 Å². The second-order valence-corrected chi connectivity index (χ2v) is 16.6. The maximum Gasteiger partial charge on any atom is 0.154 e. The molecule has 7 aromatic heterocycles. The van der Waals surface area contributed by atoms with Crippen LogP contribution in [0.1, 0.15) is 76.7 Å². The molecule has 59 heavy (non-hydrogen) atoms. The quantitative estimate of drug-likeness (QED) is 0.125. The molecule has 2 fully saturated rings. The standard InChI is InChI=1S/C26H31N7O.C19H21ClN4O/c1-17(2)19-11-26(32-28-13-19)31-25-9-8-23-24(30-25)10-20(12-27-23)21-14-29-33(16-21)15-18-4-6-22(34-3)7-5-18;1-25-16-4-2-13(3-5-16)11-24-12-15(10-22-24)14-8-18-17(21-9-14)6-7-19(20)23-18/h8-14,16-18,22H,4-7,15H2,1-3H3,(H,30,31,32);6-10,12-13,16H,2-5,11H2,1H3. The number of methoxy groups -OCH3 is 2. The van der Waals surface area contributed by atoms with E-state index in [1.807, 2.05) is 74.0 Å². The molecule has 306 valence electrons. The van der Waals surface area contributed by atoms with E-state index in [4.69, 9.17) is 26.1 Å². The summed E-state index contributed by atoms with van der Waals surface area (Å²) >= 11 is 5.99. The number of anilines is 2. The number of nitrogens with one attached hydrogen (secondary N) is 1. The second kappa shape index (κ2) is 18.7. The highest BCUT2D eigenvalue weighted by atomic mass is 35.5. The molecule has 2 aliphatic carbocycles. The lowest BCUT2D eigenvalue weighted by atomic mass is 9.87. The van der Waals surface area contributed by atoms with Crippen molar-refractivity contribution >= 4 is 45.3 Å². The molecule has 2 saturated carbocycles. The SMILES string of the molecule is COC1CCC(Cn2cc(-c3cnc4ccc(Cl)nc4c3)cn2)CC1.COC1CCC(Cn2cc(-c3cnc4ccc(Nc5cc(C(C)C)cnn5)nc4c3)cn2)CC1. The maximum absolute atomic E-state index is 5.99. The fourth-order valence-corrected chi connectivity index (χ4v) is 8.27. The van der Waals surface area contributed by atoms with E-state index in [9.17, 15) is 0 Å². The first-order valence-electron chi connectivity index (χ1n) is 20.7. The van der Waals surface area contributed by atoms with Gasteiger partial charge >= 0.3 is 0 Å². The minimum absolute atomic E-state index is 0.383. The molecule has 0 amide bonds. The molecular formula is C45H52ClN11O2. The van der Waals surface area contributed by atoms with E-state index >= 15 is 0 Å². The molecule has 9 rings (SSSR count). The largest absolute Gasteiger partial charge is 0.381 e. The first-order chi connectivity index (χ1) is 28.8. The van der Waals surface area contributed by atoms with Crippen LogP contribution < -0.4 is 5.32 Å². The number of hydrogen-bond donors (Lipinski definition) is 1. The van der Waals surface area contributed by atoms with Crippen LogP contribution in [0.2, 0.25) is 5.15 Å². The first kappa shape index (κ1) is 40.4. The fraction of sp³-hybridized carbons (Fsp3) is 0.422. The Morgan fingerprint density at radius 2 is 1.17 bits per heavy atom.